The molecule has 0 bridgehead atoms. The van der Waals surface area contributed by atoms with E-state index in [1.54, 1.807) is 12.1 Å². The Morgan fingerprint density at radius 3 is 2.50 bits per heavy atom. The highest BCUT2D eigenvalue weighted by Gasteiger charge is 2.50. The van der Waals surface area contributed by atoms with Crippen molar-refractivity contribution in [3.8, 4) is 17.2 Å². The van der Waals surface area contributed by atoms with Gasteiger partial charge in [0.15, 0.2) is 5.69 Å². The lowest BCUT2D eigenvalue weighted by Crippen LogP contribution is -2.50. The topological polar surface area (TPSA) is 87.9 Å². The average molecular weight is 569 g/mol. The highest BCUT2D eigenvalue weighted by molar-refractivity contribution is 7.90. The molecule has 2 aliphatic rings. The van der Waals surface area contributed by atoms with Crippen LogP contribution in [-0.4, -0.2) is 32.4 Å². The van der Waals surface area contributed by atoms with Gasteiger partial charge in [-0.15, -0.1) is 4.72 Å². The van der Waals surface area contributed by atoms with Crippen LogP contribution in [0, 0.1) is 23.7 Å². The fourth-order valence-corrected chi connectivity index (χ4v) is 7.02. The number of aryl methyl sites for hydroxylation is 1. The van der Waals surface area contributed by atoms with Gasteiger partial charge in [-0.3, -0.25) is 0 Å². The number of hydrogen-bond acceptors (Lipinski definition) is 6. The Kier molecular flexibility index (Phi) is 7.40. The van der Waals surface area contributed by atoms with E-state index in [9.17, 15) is 9.81 Å². The third-order valence-electron chi connectivity index (χ3n) is 7.75. The number of hydrogen-bond donors (Lipinski definition) is 1. The number of halogens is 2. The average Bonchev–Trinajstić information content (AvgIpc) is 3.17. The molecule has 1 N–H and O–H groups in total. The molecule has 1 spiro atoms. The molecule has 0 amide bonds. The number of nitrogens with zero attached hydrogens (tertiary/aromatic N) is 4. The summed E-state index contributed by atoms with van der Waals surface area (Å²) < 4.78 is 16.3. The number of piperidine rings is 1. The zero-order valence-corrected chi connectivity index (χ0v) is 24.3. The van der Waals surface area contributed by atoms with Gasteiger partial charge in [-0.1, -0.05) is 59.6 Å². The maximum atomic E-state index is 13.2. The van der Waals surface area contributed by atoms with E-state index in [1.165, 1.54) is 11.1 Å². The first-order chi connectivity index (χ1) is 18.0. The molecular weight excluding hydrogens is 537 g/mol. The molecular formula is C29H31Cl2N5OS. The smallest absolute Gasteiger partial charge is 0.226 e. The van der Waals surface area contributed by atoms with Gasteiger partial charge in [-0.25, -0.2) is 9.97 Å². The summed E-state index contributed by atoms with van der Waals surface area (Å²) in [7, 11) is 0. The van der Waals surface area contributed by atoms with E-state index in [-0.39, 0.29) is 21.9 Å². The number of aromatic nitrogens is 2. The quantitative estimate of drug-likeness (QED) is 0.359. The van der Waals surface area contributed by atoms with Crippen molar-refractivity contribution in [3.05, 3.63) is 75.0 Å². The minimum atomic E-state index is -1.18. The minimum Gasteiger partial charge on any atom is -0.598 e. The van der Waals surface area contributed by atoms with Crippen LogP contribution in [0.3, 0.4) is 0 Å². The van der Waals surface area contributed by atoms with E-state index in [0.717, 1.165) is 32.4 Å². The molecule has 1 fully saturated rings. The maximum absolute atomic E-state index is 13.2. The van der Waals surface area contributed by atoms with E-state index in [2.05, 4.69) is 44.9 Å². The number of anilines is 1. The molecule has 5 rings (SSSR count). The lowest BCUT2D eigenvalue weighted by molar-refractivity contribution is 0.175. The number of benzene rings is 2. The van der Waals surface area contributed by atoms with Crippen LogP contribution in [0.1, 0.15) is 62.2 Å². The second kappa shape index (κ2) is 10.3. The van der Waals surface area contributed by atoms with Gasteiger partial charge < -0.3 is 9.45 Å². The number of fused-ring (bicyclic) bond motifs is 1. The second-order valence-corrected chi connectivity index (χ2v) is 14.0. The highest BCUT2D eigenvalue weighted by atomic mass is 35.5. The summed E-state index contributed by atoms with van der Waals surface area (Å²) in [6.45, 7) is 9.36. The Hall–Kier alpha value is -2.34. The molecule has 0 saturated carbocycles. The monoisotopic (exact) mass is 567 g/mol. The van der Waals surface area contributed by atoms with Crippen LogP contribution in [0.5, 0.6) is 0 Å². The normalized spacial score (nSPS) is 19.3. The minimum absolute atomic E-state index is 0.0191. The van der Waals surface area contributed by atoms with Gasteiger partial charge in [0.05, 0.1) is 21.8 Å². The first-order valence-corrected chi connectivity index (χ1v) is 14.7. The molecule has 2 atom stereocenters. The summed E-state index contributed by atoms with van der Waals surface area (Å²) in [4.78, 5) is 11.6. The van der Waals surface area contributed by atoms with Crippen LogP contribution in [0.2, 0.25) is 10.0 Å². The van der Waals surface area contributed by atoms with Crippen LogP contribution in [-0.2, 0) is 17.8 Å². The number of nitrogens with one attached hydrogen (secondary N) is 1. The van der Waals surface area contributed by atoms with Crippen molar-refractivity contribution in [3.63, 3.8) is 0 Å². The lowest BCUT2D eigenvalue weighted by atomic mass is 9.73. The summed E-state index contributed by atoms with van der Waals surface area (Å²) in [5, 5.41) is 10.8. The molecule has 0 radical (unpaired) electrons. The van der Waals surface area contributed by atoms with E-state index in [4.69, 9.17) is 28.2 Å². The van der Waals surface area contributed by atoms with Crippen molar-refractivity contribution in [2.75, 3.05) is 18.0 Å². The van der Waals surface area contributed by atoms with Gasteiger partial charge >= 0.3 is 0 Å². The summed E-state index contributed by atoms with van der Waals surface area (Å²) in [6.07, 6.45) is 2.74. The predicted molar refractivity (Wildman–Crippen MR) is 155 cm³/mol. The van der Waals surface area contributed by atoms with Gasteiger partial charge in [0.25, 0.3) is 0 Å². The van der Waals surface area contributed by atoms with Crippen LogP contribution in [0.4, 0.5) is 5.95 Å². The Morgan fingerprint density at radius 2 is 1.82 bits per heavy atom. The van der Waals surface area contributed by atoms with Crippen LogP contribution in [0.25, 0.3) is 11.1 Å². The maximum Gasteiger partial charge on any atom is 0.226 e. The van der Waals surface area contributed by atoms with Gasteiger partial charge in [-0.05, 0) is 64.2 Å². The molecule has 1 saturated heterocycles. The highest BCUT2D eigenvalue weighted by Crippen LogP contribution is 2.53. The number of nitriles is 1. The zero-order chi connectivity index (χ0) is 27.2. The van der Waals surface area contributed by atoms with E-state index in [1.807, 2.05) is 33.8 Å². The molecule has 38 heavy (non-hydrogen) atoms. The fourth-order valence-electron chi connectivity index (χ4n) is 5.68. The van der Waals surface area contributed by atoms with Crippen molar-refractivity contribution in [2.45, 2.75) is 57.7 Å². The largest absolute Gasteiger partial charge is 0.598 e. The van der Waals surface area contributed by atoms with Gasteiger partial charge in [-0.2, -0.15) is 5.26 Å². The Bertz CT molecular complexity index is 1410. The van der Waals surface area contributed by atoms with Crippen molar-refractivity contribution < 1.29 is 4.55 Å². The summed E-state index contributed by atoms with van der Waals surface area (Å²) in [6, 6.07) is 16.1. The standard InChI is InChI=1S/C29H31Cl2N5OS/c1-18-24(21-10-7-11-22(30)25(21)31)23(17-32)34-27(33-18)36-14-12-29(13-15-36)16-19-8-5-6-9-20(19)26(29)35-38(37)28(2,3)4/h5-11,26,35H,12-16H2,1-4H3/t26-,38?/m1/s1. The first-order valence-electron chi connectivity index (χ1n) is 12.8. The van der Waals surface area contributed by atoms with Gasteiger partial charge in [0, 0.05) is 41.0 Å². The van der Waals surface area contributed by atoms with Gasteiger partial charge in [0.2, 0.25) is 5.95 Å². The fraction of sp³-hybridized carbons (Fsp3) is 0.414. The molecule has 1 aliphatic heterocycles. The molecule has 2 aromatic carbocycles. The van der Waals surface area contributed by atoms with Crippen molar-refractivity contribution in [1.82, 2.24) is 14.7 Å². The van der Waals surface area contributed by atoms with E-state index >= 15 is 0 Å². The molecule has 1 unspecified atom stereocenters. The van der Waals surface area contributed by atoms with Crippen LogP contribution in [0.15, 0.2) is 42.5 Å². The Labute approximate surface area is 237 Å². The third-order valence-corrected chi connectivity index (χ3v) is 10.1. The molecule has 2 heterocycles. The SMILES string of the molecule is Cc1nc(N2CCC3(CC2)Cc2ccccc2[C@H]3N[S+]([O-])C(C)(C)C)nc(C#N)c1-c1cccc(Cl)c1Cl. The first kappa shape index (κ1) is 27.2. The molecule has 1 aliphatic carbocycles. The molecule has 3 aromatic rings. The summed E-state index contributed by atoms with van der Waals surface area (Å²) >= 11 is 11.5. The number of rotatable bonds is 4. The molecule has 198 valence electrons. The predicted octanol–water partition coefficient (Wildman–Crippen LogP) is 6.57. The van der Waals surface area contributed by atoms with Crippen molar-refractivity contribution in [2.24, 2.45) is 5.41 Å². The lowest BCUT2D eigenvalue weighted by Gasteiger charge is -2.44. The van der Waals surface area contributed by atoms with Crippen LogP contribution >= 0.6 is 23.2 Å². The molecule has 6 nitrogen and oxygen atoms in total. The molecule has 1 aromatic heterocycles. The van der Waals surface area contributed by atoms with E-state index in [0.29, 0.717) is 32.8 Å². The second-order valence-electron chi connectivity index (χ2n) is 11.2. The zero-order valence-electron chi connectivity index (χ0n) is 22.0. The molecule has 9 heteroatoms. The Morgan fingerprint density at radius 1 is 1.11 bits per heavy atom. The van der Waals surface area contributed by atoms with E-state index < -0.39 is 11.4 Å². The summed E-state index contributed by atoms with van der Waals surface area (Å²) in [5.41, 5.74) is 4.77. The third kappa shape index (κ3) is 4.89. The summed E-state index contributed by atoms with van der Waals surface area (Å²) in [5.74, 6) is 0.550. The van der Waals surface area contributed by atoms with Crippen molar-refractivity contribution >= 4 is 40.5 Å². The van der Waals surface area contributed by atoms with Gasteiger partial charge in [0.1, 0.15) is 10.8 Å². The Balaban J connectivity index is 1.42. The van der Waals surface area contributed by atoms with Crippen LogP contribution < -0.4 is 9.62 Å². The van der Waals surface area contributed by atoms with Crippen molar-refractivity contribution in [1.29, 1.82) is 5.26 Å².